The van der Waals surface area contributed by atoms with Crippen LogP contribution in [0, 0.1) is 23.3 Å². The monoisotopic (exact) mass is 546 g/mol. The number of benzene rings is 2. The number of ether oxygens (including phenoxy) is 1. The maximum atomic E-state index is 14.2. The highest BCUT2D eigenvalue weighted by Crippen LogP contribution is 2.31. The van der Waals surface area contributed by atoms with E-state index in [4.69, 9.17) is 23.8 Å². The third kappa shape index (κ3) is 5.81. The number of piperazine rings is 1. The molecule has 0 unspecified atom stereocenters. The number of anilines is 2. The van der Waals surface area contributed by atoms with E-state index in [9.17, 15) is 27.2 Å². The first-order valence-corrected chi connectivity index (χ1v) is 11.7. The Bertz CT molecular complexity index is 1160. The Morgan fingerprint density at radius 1 is 1.06 bits per heavy atom. The average molecular weight is 547 g/mol. The lowest BCUT2D eigenvalue weighted by atomic mass is 10.1. The van der Waals surface area contributed by atoms with E-state index in [1.54, 1.807) is 12.1 Å². The Kier molecular flexibility index (Phi) is 8.96. The minimum atomic E-state index is -1.92. The van der Waals surface area contributed by atoms with E-state index in [-0.39, 0.29) is 11.0 Å². The first kappa shape index (κ1) is 27.5. The van der Waals surface area contributed by atoms with Crippen molar-refractivity contribution in [3.8, 4) is 5.75 Å². The van der Waals surface area contributed by atoms with Crippen molar-refractivity contribution in [2.75, 3.05) is 43.5 Å². The molecule has 1 heterocycles. The van der Waals surface area contributed by atoms with Gasteiger partial charge in [0.2, 0.25) is 17.5 Å². The maximum absolute atomic E-state index is 14.2. The van der Waals surface area contributed by atoms with Gasteiger partial charge in [-0.05, 0) is 36.8 Å². The molecule has 2 aromatic rings. The Morgan fingerprint density at radius 3 is 2.19 bits per heavy atom. The lowest BCUT2D eigenvalue weighted by Gasteiger charge is -2.36. The summed E-state index contributed by atoms with van der Waals surface area (Å²) in [5.74, 6) is -10.2. The molecule has 0 atom stereocenters. The summed E-state index contributed by atoms with van der Waals surface area (Å²) in [6.45, 7) is 4.30. The summed E-state index contributed by atoms with van der Waals surface area (Å²) in [6.07, 6.45) is 1.30. The fraction of sp³-hybridized carbons (Fsp3) is 0.348. The summed E-state index contributed by atoms with van der Waals surface area (Å²) >= 11 is 11.4. The molecule has 0 radical (unpaired) electrons. The summed E-state index contributed by atoms with van der Waals surface area (Å²) in [6, 6.07) is 4.85. The largest absolute Gasteiger partial charge is 0.491 e. The zero-order valence-electron chi connectivity index (χ0n) is 19.4. The van der Waals surface area contributed by atoms with Gasteiger partial charge in [0.25, 0.3) is 5.91 Å². The third-order valence-corrected chi connectivity index (χ3v) is 6.03. The Hall–Kier alpha value is -3.12. The summed E-state index contributed by atoms with van der Waals surface area (Å²) in [5.41, 5.74) is -0.410. The van der Waals surface area contributed by atoms with E-state index in [0.29, 0.717) is 43.3 Å². The van der Waals surface area contributed by atoms with Crippen LogP contribution in [0.25, 0.3) is 0 Å². The van der Waals surface area contributed by atoms with Crippen LogP contribution < -0.4 is 20.3 Å². The van der Waals surface area contributed by atoms with Crippen LogP contribution in [0.2, 0.25) is 5.02 Å². The number of halogens is 5. The number of nitrogens with one attached hydrogen (secondary N) is 2. The molecule has 1 fully saturated rings. The predicted molar refractivity (Wildman–Crippen MR) is 132 cm³/mol. The van der Waals surface area contributed by atoms with E-state index in [0.717, 1.165) is 19.2 Å². The standard InChI is InChI=1S/C23H23ClF4N4O3S/c1-3-4-15(33)32-9-7-31(8-10-32)14-6-5-12(11-13(14)24)29-23(36)30-22(34)16-17(25)19(27)21(35-2)20(28)18(16)26/h5-6,11H,3-4,7-10H2,1-2H3,(H2,29,30,34,36). The van der Waals surface area contributed by atoms with Gasteiger partial charge in [0.05, 0.1) is 17.8 Å². The molecule has 0 aromatic heterocycles. The van der Waals surface area contributed by atoms with Crippen molar-refractivity contribution < 1.29 is 31.9 Å². The normalized spacial score (nSPS) is 13.4. The van der Waals surface area contributed by atoms with Gasteiger partial charge in [-0.1, -0.05) is 18.5 Å². The molecule has 0 spiro atoms. The van der Waals surface area contributed by atoms with Crippen molar-refractivity contribution in [3.63, 3.8) is 0 Å². The van der Waals surface area contributed by atoms with E-state index in [2.05, 4.69) is 10.1 Å². The maximum Gasteiger partial charge on any atom is 0.263 e. The van der Waals surface area contributed by atoms with Gasteiger partial charge in [0.15, 0.2) is 22.5 Å². The Labute approximate surface area is 215 Å². The lowest BCUT2D eigenvalue weighted by molar-refractivity contribution is -0.131. The van der Waals surface area contributed by atoms with Crippen molar-refractivity contribution >= 4 is 52.1 Å². The molecular weight excluding hydrogens is 524 g/mol. The second kappa shape index (κ2) is 11.7. The van der Waals surface area contributed by atoms with Crippen LogP contribution in [-0.4, -0.2) is 55.1 Å². The van der Waals surface area contributed by atoms with Crippen LogP contribution in [0.1, 0.15) is 30.1 Å². The predicted octanol–water partition coefficient (Wildman–Crippen LogP) is 4.48. The molecule has 36 heavy (non-hydrogen) atoms. The van der Waals surface area contributed by atoms with Crippen LogP contribution in [0.15, 0.2) is 18.2 Å². The van der Waals surface area contributed by atoms with Crippen molar-refractivity contribution in [2.24, 2.45) is 0 Å². The molecule has 2 aromatic carbocycles. The van der Waals surface area contributed by atoms with E-state index in [1.807, 2.05) is 22.0 Å². The first-order valence-electron chi connectivity index (χ1n) is 10.9. The molecule has 7 nitrogen and oxygen atoms in total. The lowest BCUT2D eigenvalue weighted by Crippen LogP contribution is -2.48. The number of thiocarbonyl (C=S) groups is 1. The molecule has 0 aliphatic carbocycles. The first-order chi connectivity index (χ1) is 17.1. The molecule has 1 saturated heterocycles. The van der Waals surface area contributed by atoms with Crippen LogP contribution in [0.5, 0.6) is 5.75 Å². The van der Waals surface area contributed by atoms with E-state index < -0.39 is 40.5 Å². The summed E-state index contributed by atoms with van der Waals surface area (Å²) in [5, 5.41) is 4.58. The molecule has 1 aliphatic heterocycles. The van der Waals surface area contributed by atoms with Gasteiger partial charge in [-0.2, -0.15) is 8.78 Å². The number of amides is 2. The van der Waals surface area contributed by atoms with Gasteiger partial charge in [-0.25, -0.2) is 8.78 Å². The van der Waals surface area contributed by atoms with Gasteiger partial charge in [-0.3, -0.25) is 14.9 Å². The second-order valence-corrected chi connectivity index (χ2v) is 8.67. The van der Waals surface area contributed by atoms with Crippen LogP contribution in [0.4, 0.5) is 28.9 Å². The molecule has 3 rings (SSSR count). The fourth-order valence-electron chi connectivity index (χ4n) is 3.73. The zero-order valence-corrected chi connectivity index (χ0v) is 21.0. The van der Waals surface area contributed by atoms with Gasteiger partial charge < -0.3 is 19.9 Å². The summed E-state index contributed by atoms with van der Waals surface area (Å²) < 4.78 is 60.4. The second-order valence-electron chi connectivity index (χ2n) is 7.86. The van der Waals surface area contributed by atoms with Crippen molar-refractivity contribution in [1.29, 1.82) is 0 Å². The highest BCUT2D eigenvalue weighted by molar-refractivity contribution is 7.80. The van der Waals surface area contributed by atoms with Crippen molar-refractivity contribution in [1.82, 2.24) is 10.2 Å². The smallest absolute Gasteiger partial charge is 0.263 e. The third-order valence-electron chi connectivity index (χ3n) is 5.52. The molecule has 2 amide bonds. The Balaban J connectivity index is 1.65. The highest BCUT2D eigenvalue weighted by Gasteiger charge is 2.30. The highest BCUT2D eigenvalue weighted by atomic mass is 35.5. The SMILES string of the molecule is CCCC(=O)N1CCN(c2ccc(NC(=S)NC(=O)c3c(F)c(F)c(OC)c(F)c3F)cc2Cl)CC1. The van der Waals surface area contributed by atoms with Gasteiger partial charge in [-0.15, -0.1) is 0 Å². The molecule has 0 saturated carbocycles. The number of hydrogen-bond donors (Lipinski definition) is 2. The topological polar surface area (TPSA) is 73.9 Å². The van der Waals surface area contributed by atoms with Crippen LogP contribution in [0.3, 0.4) is 0 Å². The molecule has 194 valence electrons. The minimum Gasteiger partial charge on any atom is -0.491 e. The van der Waals surface area contributed by atoms with Crippen molar-refractivity contribution in [2.45, 2.75) is 19.8 Å². The van der Waals surface area contributed by atoms with Gasteiger partial charge >= 0.3 is 0 Å². The molecule has 0 bridgehead atoms. The number of hydrogen-bond acceptors (Lipinski definition) is 5. The number of carbonyl (C=O) groups is 2. The summed E-state index contributed by atoms with van der Waals surface area (Å²) in [4.78, 5) is 28.2. The Morgan fingerprint density at radius 2 is 1.67 bits per heavy atom. The molecule has 13 heteroatoms. The summed E-state index contributed by atoms with van der Waals surface area (Å²) in [7, 11) is 0.823. The number of nitrogens with zero attached hydrogens (tertiary/aromatic N) is 2. The molecule has 2 N–H and O–H groups in total. The van der Waals surface area contributed by atoms with E-state index >= 15 is 0 Å². The average Bonchev–Trinajstić information content (AvgIpc) is 2.83. The molecule has 1 aliphatic rings. The van der Waals surface area contributed by atoms with E-state index in [1.165, 1.54) is 6.07 Å². The van der Waals surface area contributed by atoms with Crippen molar-refractivity contribution in [3.05, 3.63) is 52.1 Å². The molecular formula is C23H23ClF4N4O3S. The number of methoxy groups -OCH3 is 1. The van der Waals surface area contributed by atoms with Gasteiger partial charge in [0.1, 0.15) is 5.56 Å². The van der Waals surface area contributed by atoms with Crippen LogP contribution >= 0.6 is 23.8 Å². The fourth-order valence-corrected chi connectivity index (χ4v) is 4.24. The van der Waals surface area contributed by atoms with Crippen LogP contribution in [-0.2, 0) is 4.79 Å². The quantitative estimate of drug-likeness (QED) is 0.316. The zero-order chi connectivity index (χ0) is 26.6. The minimum absolute atomic E-state index is 0.123. The van der Waals surface area contributed by atoms with Gasteiger partial charge in [0, 0.05) is 38.3 Å². The number of carbonyl (C=O) groups excluding carboxylic acids is 2. The number of rotatable bonds is 6.